The molecule has 0 radical (unpaired) electrons. The molecule has 0 fully saturated rings. The molecule has 0 atom stereocenters. The van der Waals surface area contributed by atoms with E-state index < -0.39 is 0 Å². The number of aromatic nitrogens is 1. The molecule has 1 aromatic carbocycles. The van der Waals surface area contributed by atoms with Crippen LogP contribution in [0.15, 0.2) is 54.9 Å². The Morgan fingerprint density at radius 2 is 2.00 bits per heavy atom. The predicted octanol–water partition coefficient (Wildman–Crippen LogP) is 2.22. The van der Waals surface area contributed by atoms with Gasteiger partial charge < -0.3 is 10.2 Å². The fourth-order valence-electron chi connectivity index (χ4n) is 2.02. The lowest BCUT2D eigenvalue weighted by molar-refractivity contribution is -0.117. The van der Waals surface area contributed by atoms with E-state index in [1.54, 1.807) is 17.3 Å². The van der Waals surface area contributed by atoms with Crippen molar-refractivity contribution in [1.29, 1.82) is 0 Å². The molecule has 0 unspecified atom stereocenters. The second-order valence-electron chi connectivity index (χ2n) is 4.44. The number of benzene rings is 1. The lowest BCUT2D eigenvalue weighted by Gasteiger charge is -2.21. The first-order valence-electron chi connectivity index (χ1n) is 6.76. The highest BCUT2D eigenvalue weighted by molar-refractivity contribution is 5.94. The number of para-hydroxylation sites is 1. The zero-order valence-corrected chi connectivity index (χ0v) is 11.6. The molecular weight excluding hydrogens is 250 g/mol. The molecule has 1 aromatic heterocycles. The third-order valence-electron chi connectivity index (χ3n) is 3.01. The van der Waals surface area contributed by atoms with Crippen LogP contribution in [0.4, 0.5) is 5.69 Å². The summed E-state index contributed by atoms with van der Waals surface area (Å²) in [5, 5.41) is 3.15. The number of amides is 1. The average molecular weight is 269 g/mol. The molecule has 4 nitrogen and oxygen atoms in total. The molecular formula is C16H19N3O. The molecule has 0 saturated heterocycles. The zero-order valence-electron chi connectivity index (χ0n) is 11.6. The van der Waals surface area contributed by atoms with Crippen LogP contribution in [0.1, 0.15) is 12.5 Å². The van der Waals surface area contributed by atoms with Crippen molar-refractivity contribution < 1.29 is 4.79 Å². The van der Waals surface area contributed by atoms with Gasteiger partial charge in [-0.15, -0.1) is 0 Å². The molecule has 2 aromatic rings. The molecule has 0 spiro atoms. The number of pyridine rings is 1. The van der Waals surface area contributed by atoms with Crippen LogP contribution in [-0.2, 0) is 11.3 Å². The number of hydrogen-bond acceptors (Lipinski definition) is 3. The highest BCUT2D eigenvalue weighted by Crippen LogP contribution is 2.12. The molecule has 0 aliphatic carbocycles. The number of anilines is 1. The van der Waals surface area contributed by atoms with Gasteiger partial charge in [0, 0.05) is 31.2 Å². The molecule has 1 amide bonds. The van der Waals surface area contributed by atoms with Crippen molar-refractivity contribution >= 4 is 11.6 Å². The van der Waals surface area contributed by atoms with Gasteiger partial charge >= 0.3 is 0 Å². The van der Waals surface area contributed by atoms with E-state index in [2.05, 4.69) is 10.3 Å². The first-order chi connectivity index (χ1) is 9.81. The monoisotopic (exact) mass is 269 g/mol. The standard InChI is InChI=1S/C16H19N3O/c1-2-19(15-8-4-3-5-9-15)16(20)13-18-12-14-7-6-10-17-11-14/h3-11,18H,2,12-13H2,1H3. The summed E-state index contributed by atoms with van der Waals surface area (Å²) in [4.78, 5) is 18.0. The molecule has 0 aliphatic rings. The maximum atomic E-state index is 12.2. The van der Waals surface area contributed by atoms with Crippen molar-refractivity contribution in [3.05, 3.63) is 60.4 Å². The minimum Gasteiger partial charge on any atom is -0.312 e. The SMILES string of the molecule is CCN(C(=O)CNCc1cccnc1)c1ccccc1. The Balaban J connectivity index is 1.87. The van der Waals surface area contributed by atoms with Crippen LogP contribution in [-0.4, -0.2) is 24.0 Å². The van der Waals surface area contributed by atoms with Crippen molar-refractivity contribution in [1.82, 2.24) is 10.3 Å². The zero-order chi connectivity index (χ0) is 14.2. The number of likely N-dealkylation sites (N-methyl/N-ethyl adjacent to an activating group) is 1. The number of nitrogens with one attached hydrogen (secondary N) is 1. The van der Waals surface area contributed by atoms with E-state index in [4.69, 9.17) is 0 Å². The topological polar surface area (TPSA) is 45.2 Å². The van der Waals surface area contributed by atoms with Gasteiger partial charge in [0.2, 0.25) is 5.91 Å². The highest BCUT2D eigenvalue weighted by Gasteiger charge is 2.12. The Bertz CT molecular complexity index is 528. The molecule has 20 heavy (non-hydrogen) atoms. The molecule has 2 rings (SSSR count). The summed E-state index contributed by atoms with van der Waals surface area (Å²) < 4.78 is 0. The summed E-state index contributed by atoms with van der Waals surface area (Å²) in [7, 11) is 0. The summed E-state index contributed by atoms with van der Waals surface area (Å²) in [6.45, 7) is 3.60. The second-order valence-corrected chi connectivity index (χ2v) is 4.44. The maximum absolute atomic E-state index is 12.2. The van der Waals surface area contributed by atoms with Gasteiger partial charge in [-0.1, -0.05) is 24.3 Å². The van der Waals surface area contributed by atoms with E-state index >= 15 is 0 Å². The van der Waals surface area contributed by atoms with E-state index in [1.165, 1.54) is 0 Å². The van der Waals surface area contributed by atoms with Crippen LogP contribution in [0, 0.1) is 0 Å². The van der Waals surface area contributed by atoms with Gasteiger partial charge in [-0.05, 0) is 30.7 Å². The highest BCUT2D eigenvalue weighted by atomic mass is 16.2. The molecule has 1 N–H and O–H groups in total. The van der Waals surface area contributed by atoms with Gasteiger partial charge in [0.15, 0.2) is 0 Å². The summed E-state index contributed by atoms with van der Waals surface area (Å²) in [5.74, 6) is 0.0718. The van der Waals surface area contributed by atoms with Gasteiger partial charge in [0.1, 0.15) is 0 Å². The van der Waals surface area contributed by atoms with E-state index in [0.29, 0.717) is 19.6 Å². The van der Waals surface area contributed by atoms with Crippen molar-refractivity contribution in [2.24, 2.45) is 0 Å². The van der Waals surface area contributed by atoms with Crippen LogP contribution in [0.3, 0.4) is 0 Å². The van der Waals surface area contributed by atoms with Gasteiger partial charge in [-0.25, -0.2) is 0 Å². The van der Waals surface area contributed by atoms with Crippen molar-refractivity contribution in [2.45, 2.75) is 13.5 Å². The van der Waals surface area contributed by atoms with Crippen LogP contribution in [0.2, 0.25) is 0 Å². The summed E-state index contributed by atoms with van der Waals surface area (Å²) >= 11 is 0. The third kappa shape index (κ3) is 3.90. The normalized spacial score (nSPS) is 10.2. The number of nitrogens with zero attached hydrogens (tertiary/aromatic N) is 2. The fourth-order valence-corrected chi connectivity index (χ4v) is 2.02. The van der Waals surface area contributed by atoms with Crippen LogP contribution >= 0.6 is 0 Å². The number of carbonyl (C=O) groups is 1. The first-order valence-corrected chi connectivity index (χ1v) is 6.76. The maximum Gasteiger partial charge on any atom is 0.240 e. The molecule has 0 bridgehead atoms. The summed E-state index contributed by atoms with van der Waals surface area (Å²) in [6.07, 6.45) is 3.54. The number of carbonyl (C=O) groups excluding carboxylic acids is 1. The lowest BCUT2D eigenvalue weighted by Crippen LogP contribution is -2.38. The summed E-state index contributed by atoms with van der Waals surface area (Å²) in [5.41, 5.74) is 2.01. The smallest absolute Gasteiger partial charge is 0.240 e. The second kappa shape index (κ2) is 7.40. The molecule has 0 saturated carbocycles. The van der Waals surface area contributed by atoms with Crippen molar-refractivity contribution in [3.63, 3.8) is 0 Å². The van der Waals surface area contributed by atoms with Gasteiger partial charge in [0.25, 0.3) is 0 Å². The Hall–Kier alpha value is -2.20. The van der Waals surface area contributed by atoms with Crippen molar-refractivity contribution in [3.8, 4) is 0 Å². The Morgan fingerprint density at radius 1 is 1.20 bits per heavy atom. The number of rotatable bonds is 6. The summed E-state index contributed by atoms with van der Waals surface area (Å²) in [6, 6.07) is 13.6. The molecule has 104 valence electrons. The van der Waals surface area contributed by atoms with E-state index in [9.17, 15) is 4.79 Å². The minimum absolute atomic E-state index is 0.0718. The van der Waals surface area contributed by atoms with E-state index in [0.717, 1.165) is 11.3 Å². The van der Waals surface area contributed by atoms with Gasteiger partial charge in [-0.3, -0.25) is 9.78 Å². The first kappa shape index (κ1) is 14.2. The molecule has 1 heterocycles. The molecule has 4 heteroatoms. The quantitative estimate of drug-likeness (QED) is 0.874. The Labute approximate surface area is 119 Å². The van der Waals surface area contributed by atoms with Crippen LogP contribution in [0.25, 0.3) is 0 Å². The van der Waals surface area contributed by atoms with Crippen molar-refractivity contribution in [2.75, 3.05) is 18.0 Å². The fraction of sp³-hybridized carbons (Fsp3) is 0.250. The number of hydrogen-bond donors (Lipinski definition) is 1. The molecule has 0 aliphatic heterocycles. The largest absolute Gasteiger partial charge is 0.312 e. The van der Waals surface area contributed by atoms with Crippen LogP contribution < -0.4 is 10.2 Å². The lowest BCUT2D eigenvalue weighted by atomic mass is 10.2. The third-order valence-corrected chi connectivity index (χ3v) is 3.01. The van der Waals surface area contributed by atoms with Gasteiger partial charge in [-0.2, -0.15) is 0 Å². The van der Waals surface area contributed by atoms with E-state index in [-0.39, 0.29) is 5.91 Å². The average Bonchev–Trinajstić information content (AvgIpc) is 2.50. The van der Waals surface area contributed by atoms with Gasteiger partial charge in [0.05, 0.1) is 6.54 Å². The Kier molecular flexibility index (Phi) is 5.26. The predicted molar refractivity (Wildman–Crippen MR) is 80.4 cm³/mol. The Morgan fingerprint density at radius 3 is 2.65 bits per heavy atom. The van der Waals surface area contributed by atoms with Crippen LogP contribution in [0.5, 0.6) is 0 Å². The minimum atomic E-state index is 0.0718. The van der Waals surface area contributed by atoms with E-state index in [1.807, 2.05) is 49.4 Å².